The van der Waals surface area contributed by atoms with Crippen molar-refractivity contribution >= 4 is 5.69 Å². The lowest BCUT2D eigenvalue weighted by Crippen LogP contribution is -2.20. The van der Waals surface area contributed by atoms with Crippen molar-refractivity contribution in [2.24, 2.45) is 0 Å². The highest BCUT2D eigenvalue weighted by molar-refractivity contribution is 5.36. The maximum absolute atomic E-state index is 13.3. The molecule has 0 saturated carbocycles. The highest BCUT2D eigenvalue weighted by Crippen LogP contribution is 2.25. The summed E-state index contributed by atoms with van der Waals surface area (Å²) in [6, 6.07) is 2.67. The number of rotatable bonds is 5. The molecule has 0 aliphatic heterocycles. The van der Waals surface area contributed by atoms with Crippen LogP contribution in [-0.2, 0) is 0 Å². The molecule has 0 spiro atoms. The molecule has 0 heterocycles. The molecule has 17 heavy (non-hydrogen) atoms. The van der Waals surface area contributed by atoms with Crippen LogP contribution in [0.2, 0.25) is 0 Å². The Balaban J connectivity index is 3.03. The lowest BCUT2D eigenvalue weighted by atomic mass is 10.0. The fourth-order valence-electron chi connectivity index (χ4n) is 1.37. The van der Waals surface area contributed by atoms with Crippen LogP contribution in [0.25, 0.3) is 0 Å². The zero-order valence-electron chi connectivity index (χ0n) is 8.78. The van der Waals surface area contributed by atoms with Gasteiger partial charge in [0.05, 0.1) is 11.0 Å². The molecule has 94 valence electrons. The lowest BCUT2D eigenvalue weighted by Gasteiger charge is -2.17. The van der Waals surface area contributed by atoms with Crippen LogP contribution < -0.4 is 0 Å². The van der Waals surface area contributed by atoms with Gasteiger partial charge in [-0.1, -0.05) is 0 Å². The summed E-state index contributed by atoms with van der Waals surface area (Å²) >= 11 is 0. The Morgan fingerprint density at radius 2 is 2.06 bits per heavy atom. The Hall–Kier alpha value is -1.57. The van der Waals surface area contributed by atoms with Gasteiger partial charge in [-0.25, -0.2) is 4.39 Å². The number of benzene rings is 1. The Bertz CT molecular complexity index is 412. The molecule has 0 amide bonds. The summed E-state index contributed by atoms with van der Waals surface area (Å²) in [7, 11) is 0. The van der Waals surface area contributed by atoms with E-state index in [0.717, 1.165) is 18.2 Å². The van der Waals surface area contributed by atoms with Gasteiger partial charge in [0.15, 0.2) is 0 Å². The van der Waals surface area contributed by atoms with Gasteiger partial charge in [-0.05, 0) is 12.5 Å². The summed E-state index contributed by atoms with van der Waals surface area (Å²) < 4.78 is 13.3. The molecule has 7 heteroatoms. The second kappa shape index (κ2) is 5.67. The van der Waals surface area contributed by atoms with Gasteiger partial charge in [-0.3, -0.25) is 10.1 Å². The van der Waals surface area contributed by atoms with Gasteiger partial charge in [-0.2, -0.15) is 0 Å². The van der Waals surface area contributed by atoms with Crippen molar-refractivity contribution in [3.8, 4) is 0 Å². The molecule has 0 aromatic heterocycles. The third-order valence-corrected chi connectivity index (χ3v) is 2.30. The van der Waals surface area contributed by atoms with Crippen LogP contribution in [0.4, 0.5) is 10.1 Å². The van der Waals surface area contributed by atoms with Crippen LogP contribution in [-0.4, -0.2) is 33.0 Å². The van der Waals surface area contributed by atoms with E-state index in [9.17, 15) is 24.7 Å². The second-order valence-electron chi connectivity index (χ2n) is 3.49. The van der Waals surface area contributed by atoms with Crippen LogP contribution in [0.3, 0.4) is 0 Å². The van der Waals surface area contributed by atoms with E-state index in [2.05, 4.69) is 0 Å². The molecule has 0 aliphatic rings. The standard InChI is InChI=1S/C10H12FNO5/c11-8-2-1-6(12(16)17)5-7(8)10(15)9(14)3-4-13/h1-2,5,9-10,13-15H,3-4H2. The zero-order valence-corrected chi connectivity index (χ0v) is 8.78. The van der Waals surface area contributed by atoms with E-state index >= 15 is 0 Å². The van der Waals surface area contributed by atoms with Gasteiger partial charge in [0.25, 0.3) is 5.69 Å². The molecule has 2 unspecified atom stereocenters. The van der Waals surface area contributed by atoms with Crippen LogP contribution in [0.15, 0.2) is 18.2 Å². The number of hydrogen-bond acceptors (Lipinski definition) is 5. The number of nitrogens with zero attached hydrogens (tertiary/aromatic N) is 1. The van der Waals surface area contributed by atoms with E-state index in [-0.39, 0.29) is 24.3 Å². The summed E-state index contributed by atoms with van der Waals surface area (Å²) in [6.07, 6.45) is -3.14. The third kappa shape index (κ3) is 3.19. The number of nitro benzene ring substituents is 1. The number of halogens is 1. The molecular weight excluding hydrogens is 233 g/mol. The number of nitro groups is 1. The Kier molecular flexibility index (Phi) is 4.50. The summed E-state index contributed by atoms with van der Waals surface area (Å²) in [4.78, 5) is 9.75. The molecule has 1 rings (SSSR count). The predicted octanol–water partition coefficient (Wildman–Crippen LogP) is 0.511. The molecule has 1 aromatic rings. The van der Waals surface area contributed by atoms with Gasteiger partial charge in [-0.15, -0.1) is 0 Å². The molecule has 0 radical (unpaired) electrons. The van der Waals surface area contributed by atoms with Crippen LogP contribution in [0.1, 0.15) is 18.1 Å². The van der Waals surface area contributed by atoms with E-state index in [0.29, 0.717) is 0 Å². The summed E-state index contributed by atoms with van der Waals surface area (Å²) in [5.74, 6) is -0.847. The maximum atomic E-state index is 13.3. The van der Waals surface area contributed by atoms with Crippen LogP contribution in [0.5, 0.6) is 0 Å². The monoisotopic (exact) mass is 245 g/mol. The first-order valence-electron chi connectivity index (χ1n) is 4.88. The minimum atomic E-state index is -1.61. The number of hydrogen-bond donors (Lipinski definition) is 3. The van der Waals surface area contributed by atoms with E-state index in [1.54, 1.807) is 0 Å². The summed E-state index contributed by atoms with van der Waals surface area (Å²) in [5.41, 5.74) is -0.739. The average molecular weight is 245 g/mol. The van der Waals surface area contributed by atoms with E-state index in [1.807, 2.05) is 0 Å². The minimum absolute atomic E-state index is 0.150. The van der Waals surface area contributed by atoms with E-state index in [1.165, 1.54) is 0 Å². The van der Waals surface area contributed by atoms with Crippen molar-refractivity contribution in [1.29, 1.82) is 0 Å². The highest BCUT2D eigenvalue weighted by Gasteiger charge is 2.23. The van der Waals surface area contributed by atoms with Crippen molar-refractivity contribution < 1.29 is 24.6 Å². The topological polar surface area (TPSA) is 104 Å². The van der Waals surface area contributed by atoms with Crippen molar-refractivity contribution in [3.05, 3.63) is 39.7 Å². The van der Waals surface area contributed by atoms with Gasteiger partial charge in [0.2, 0.25) is 0 Å². The smallest absolute Gasteiger partial charge is 0.270 e. The van der Waals surface area contributed by atoms with Gasteiger partial charge in [0.1, 0.15) is 11.9 Å². The fraction of sp³-hybridized carbons (Fsp3) is 0.400. The SMILES string of the molecule is O=[N+]([O-])c1ccc(F)c(C(O)C(O)CCO)c1. The highest BCUT2D eigenvalue weighted by atomic mass is 19.1. The maximum Gasteiger partial charge on any atom is 0.270 e. The molecule has 2 atom stereocenters. The van der Waals surface area contributed by atoms with Crippen molar-refractivity contribution in [1.82, 2.24) is 0 Å². The fourth-order valence-corrected chi connectivity index (χ4v) is 1.37. The van der Waals surface area contributed by atoms with Crippen molar-refractivity contribution in [2.45, 2.75) is 18.6 Å². The normalized spacial score (nSPS) is 14.4. The molecule has 0 bridgehead atoms. The van der Waals surface area contributed by atoms with Crippen LogP contribution in [0, 0.1) is 15.9 Å². The van der Waals surface area contributed by atoms with Gasteiger partial charge >= 0.3 is 0 Å². The quantitative estimate of drug-likeness (QED) is 0.518. The Labute approximate surface area is 96.1 Å². The lowest BCUT2D eigenvalue weighted by molar-refractivity contribution is -0.385. The first-order valence-corrected chi connectivity index (χ1v) is 4.88. The number of non-ortho nitro benzene ring substituents is 1. The first-order chi connectivity index (χ1) is 7.97. The Morgan fingerprint density at radius 3 is 2.59 bits per heavy atom. The summed E-state index contributed by atoms with van der Waals surface area (Å²) in [6.45, 7) is -0.380. The van der Waals surface area contributed by atoms with Crippen molar-refractivity contribution in [3.63, 3.8) is 0 Å². The zero-order chi connectivity index (χ0) is 13.0. The minimum Gasteiger partial charge on any atom is -0.396 e. The van der Waals surface area contributed by atoms with Crippen molar-refractivity contribution in [2.75, 3.05) is 6.61 Å². The number of aliphatic hydroxyl groups excluding tert-OH is 3. The van der Waals surface area contributed by atoms with E-state index in [4.69, 9.17) is 5.11 Å². The third-order valence-electron chi connectivity index (χ3n) is 2.30. The Morgan fingerprint density at radius 1 is 1.41 bits per heavy atom. The molecule has 0 aliphatic carbocycles. The second-order valence-corrected chi connectivity index (χ2v) is 3.49. The average Bonchev–Trinajstić information content (AvgIpc) is 2.28. The number of aliphatic hydroxyl groups is 3. The molecule has 3 N–H and O–H groups in total. The summed E-state index contributed by atoms with van der Waals surface area (Å²) in [5, 5.41) is 38.0. The van der Waals surface area contributed by atoms with Gasteiger partial charge in [0, 0.05) is 24.3 Å². The molecular formula is C10H12FNO5. The molecule has 0 fully saturated rings. The molecule has 1 aromatic carbocycles. The molecule has 0 saturated heterocycles. The largest absolute Gasteiger partial charge is 0.396 e. The predicted molar refractivity (Wildman–Crippen MR) is 55.7 cm³/mol. The van der Waals surface area contributed by atoms with E-state index < -0.39 is 22.9 Å². The van der Waals surface area contributed by atoms with Gasteiger partial charge < -0.3 is 15.3 Å². The van der Waals surface area contributed by atoms with Crippen LogP contribution >= 0.6 is 0 Å². The first kappa shape index (κ1) is 13.5. The molecule has 6 nitrogen and oxygen atoms in total.